The molecule has 0 bridgehead atoms. The van der Waals surface area contributed by atoms with E-state index in [1.807, 2.05) is 19.1 Å². The summed E-state index contributed by atoms with van der Waals surface area (Å²) in [5.74, 6) is 0.495. The zero-order valence-corrected chi connectivity index (χ0v) is 11.1. The van der Waals surface area contributed by atoms with Crippen LogP contribution in [-0.4, -0.2) is 35.0 Å². The minimum absolute atomic E-state index is 0. The lowest BCUT2D eigenvalue weighted by molar-refractivity contribution is 0.0948. The van der Waals surface area contributed by atoms with Gasteiger partial charge in [0.25, 0.3) is 5.91 Å². The Kier molecular flexibility index (Phi) is 5.52. The van der Waals surface area contributed by atoms with E-state index in [0.29, 0.717) is 42.5 Å². The van der Waals surface area contributed by atoms with E-state index in [2.05, 4.69) is 10.3 Å². The minimum Gasteiger partial charge on any atom is -0.490 e. The molecule has 0 aliphatic carbocycles. The predicted molar refractivity (Wildman–Crippen MR) is 79.2 cm³/mol. The summed E-state index contributed by atoms with van der Waals surface area (Å²) >= 11 is 0. The van der Waals surface area contributed by atoms with Crippen molar-refractivity contribution in [1.29, 1.82) is 0 Å². The number of fused-ring (bicyclic) bond motifs is 1. The van der Waals surface area contributed by atoms with Crippen molar-refractivity contribution in [3.05, 3.63) is 29.7 Å². The molecule has 6 heteroatoms. The van der Waals surface area contributed by atoms with Crippen LogP contribution in [0.3, 0.4) is 0 Å². The molecule has 0 spiro atoms. The molecular formula is C14H22N4O2. The summed E-state index contributed by atoms with van der Waals surface area (Å²) in [6.07, 6.45) is 1.80. The van der Waals surface area contributed by atoms with E-state index in [1.165, 1.54) is 0 Å². The summed E-state index contributed by atoms with van der Waals surface area (Å²) in [7, 11) is 0. The highest BCUT2D eigenvalue weighted by Crippen LogP contribution is 2.21. The summed E-state index contributed by atoms with van der Waals surface area (Å²) < 4.78 is 7.26. The Balaban J connectivity index is 0.00000200. The molecule has 0 unspecified atom stereocenters. The van der Waals surface area contributed by atoms with Gasteiger partial charge in [-0.2, -0.15) is 0 Å². The Morgan fingerprint density at radius 1 is 1.55 bits per heavy atom. The second kappa shape index (κ2) is 6.91. The lowest BCUT2D eigenvalue weighted by atomic mass is 10.3. The van der Waals surface area contributed by atoms with Crippen LogP contribution in [0, 0.1) is 6.92 Å². The molecule has 0 aliphatic rings. The standard InChI is InChI=1S/C13H18N4O2.CH4/c1-3-19-10-5-4-8-17-11(9(2)16-12(10)17)13(18)15-7-6-14;/h4-5,8H,3,6-7,14H2,1-2H3,(H,15,18);1H4. The molecule has 2 rings (SSSR count). The smallest absolute Gasteiger partial charge is 0.270 e. The highest BCUT2D eigenvalue weighted by atomic mass is 16.5. The topological polar surface area (TPSA) is 81.7 Å². The number of nitrogens with one attached hydrogen (secondary N) is 1. The number of amides is 1. The van der Waals surface area contributed by atoms with Crippen LogP contribution in [-0.2, 0) is 0 Å². The van der Waals surface area contributed by atoms with E-state index in [9.17, 15) is 4.79 Å². The lowest BCUT2D eigenvalue weighted by Gasteiger charge is -2.06. The first-order chi connectivity index (χ1) is 9.19. The zero-order valence-electron chi connectivity index (χ0n) is 11.1. The number of aryl methyl sites for hydroxylation is 1. The third-order valence-electron chi connectivity index (χ3n) is 2.73. The molecule has 6 nitrogen and oxygen atoms in total. The second-order valence-corrected chi connectivity index (χ2v) is 4.09. The number of ether oxygens (including phenoxy) is 1. The number of carbonyl (C=O) groups excluding carboxylic acids is 1. The van der Waals surface area contributed by atoms with Gasteiger partial charge >= 0.3 is 0 Å². The molecule has 0 aromatic carbocycles. The van der Waals surface area contributed by atoms with Crippen molar-refractivity contribution in [3.63, 3.8) is 0 Å². The van der Waals surface area contributed by atoms with Gasteiger partial charge in [0.2, 0.25) is 0 Å². The SMILES string of the molecule is C.CCOc1cccn2c(C(=O)NCCN)c(C)nc12. The maximum Gasteiger partial charge on any atom is 0.270 e. The van der Waals surface area contributed by atoms with E-state index >= 15 is 0 Å². The van der Waals surface area contributed by atoms with Crippen LogP contribution >= 0.6 is 0 Å². The molecule has 0 saturated heterocycles. The van der Waals surface area contributed by atoms with Gasteiger partial charge in [0, 0.05) is 19.3 Å². The number of aromatic nitrogens is 2. The van der Waals surface area contributed by atoms with E-state index in [4.69, 9.17) is 10.5 Å². The normalized spacial score (nSPS) is 10.2. The predicted octanol–water partition coefficient (Wildman–Crippen LogP) is 1.37. The van der Waals surface area contributed by atoms with Gasteiger partial charge in [-0.1, -0.05) is 7.43 Å². The number of nitrogens with two attached hydrogens (primary N) is 1. The molecule has 2 heterocycles. The number of hydrogen-bond acceptors (Lipinski definition) is 4. The minimum atomic E-state index is -0.177. The number of nitrogens with zero attached hydrogens (tertiary/aromatic N) is 2. The van der Waals surface area contributed by atoms with Crippen molar-refractivity contribution in [2.24, 2.45) is 5.73 Å². The summed E-state index contributed by atoms with van der Waals surface area (Å²) in [4.78, 5) is 16.5. The third kappa shape index (κ3) is 2.91. The fourth-order valence-corrected chi connectivity index (χ4v) is 1.97. The molecular weight excluding hydrogens is 256 g/mol. The van der Waals surface area contributed by atoms with Gasteiger partial charge in [-0.15, -0.1) is 0 Å². The Hall–Kier alpha value is -2.08. The van der Waals surface area contributed by atoms with Crippen molar-refractivity contribution in [3.8, 4) is 5.75 Å². The summed E-state index contributed by atoms with van der Waals surface area (Å²) in [6.45, 7) is 5.12. The average Bonchev–Trinajstić information content (AvgIpc) is 2.73. The Bertz CT molecular complexity index is 592. The largest absolute Gasteiger partial charge is 0.490 e. The Morgan fingerprint density at radius 2 is 2.30 bits per heavy atom. The van der Waals surface area contributed by atoms with Gasteiger partial charge in [-0.25, -0.2) is 4.98 Å². The van der Waals surface area contributed by atoms with Gasteiger partial charge in [0.05, 0.1) is 12.3 Å². The fourth-order valence-electron chi connectivity index (χ4n) is 1.97. The molecule has 0 radical (unpaired) electrons. The molecule has 1 amide bonds. The van der Waals surface area contributed by atoms with Crippen molar-refractivity contribution in [2.45, 2.75) is 21.3 Å². The number of imidazole rings is 1. The summed E-state index contributed by atoms with van der Waals surface area (Å²) in [5, 5.41) is 2.75. The summed E-state index contributed by atoms with van der Waals surface area (Å²) in [6, 6.07) is 3.67. The molecule has 2 aromatic rings. The average molecular weight is 278 g/mol. The van der Waals surface area contributed by atoms with Crippen molar-refractivity contribution in [2.75, 3.05) is 19.7 Å². The Morgan fingerprint density at radius 3 is 2.95 bits per heavy atom. The van der Waals surface area contributed by atoms with E-state index in [0.717, 1.165) is 0 Å². The number of rotatable bonds is 5. The van der Waals surface area contributed by atoms with Crippen molar-refractivity contribution < 1.29 is 9.53 Å². The molecule has 0 aliphatic heterocycles. The van der Waals surface area contributed by atoms with Crippen LogP contribution in [0.5, 0.6) is 5.75 Å². The number of pyridine rings is 1. The fraction of sp³-hybridized carbons (Fsp3) is 0.429. The monoisotopic (exact) mass is 278 g/mol. The molecule has 2 aromatic heterocycles. The van der Waals surface area contributed by atoms with Gasteiger partial charge in [0.1, 0.15) is 5.69 Å². The maximum atomic E-state index is 12.1. The summed E-state index contributed by atoms with van der Waals surface area (Å²) in [5.41, 5.74) is 7.23. The van der Waals surface area contributed by atoms with Crippen LogP contribution < -0.4 is 15.8 Å². The molecule has 3 N–H and O–H groups in total. The van der Waals surface area contributed by atoms with Crippen molar-refractivity contribution in [1.82, 2.24) is 14.7 Å². The van der Waals surface area contributed by atoms with E-state index in [1.54, 1.807) is 17.5 Å². The van der Waals surface area contributed by atoms with Crippen LogP contribution in [0.4, 0.5) is 0 Å². The number of carbonyl (C=O) groups is 1. The quantitative estimate of drug-likeness (QED) is 0.865. The van der Waals surface area contributed by atoms with Gasteiger partial charge in [-0.3, -0.25) is 9.20 Å². The first-order valence-corrected chi connectivity index (χ1v) is 6.27. The molecule has 0 saturated carbocycles. The molecule has 0 atom stereocenters. The van der Waals surface area contributed by atoms with Crippen LogP contribution in [0.25, 0.3) is 5.65 Å². The van der Waals surface area contributed by atoms with E-state index < -0.39 is 0 Å². The first-order valence-electron chi connectivity index (χ1n) is 6.27. The highest BCUT2D eigenvalue weighted by Gasteiger charge is 2.18. The Labute approximate surface area is 118 Å². The third-order valence-corrected chi connectivity index (χ3v) is 2.73. The van der Waals surface area contributed by atoms with Gasteiger partial charge < -0.3 is 15.8 Å². The lowest BCUT2D eigenvalue weighted by Crippen LogP contribution is -2.30. The second-order valence-electron chi connectivity index (χ2n) is 4.09. The van der Waals surface area contributed by atoms with Crippen molar-refractivity contribution >= 4 is 11.6 Å². The van der Waals surface area contributed by atoms with Gasteiger partial charge in [-0.05, 0) is 26.0 Å². The maximum absolute atomic E-state index is 12.1. The van der Waals surface area contributed by atoms with Gasteiger partial charge in [0.15, 0.2) is 11.4 Å². The van der Waals surface area contributed by atoms with E-state index in [-0.39, 0.29) is 13.3 Å². The number of hydrogen-bond donors (Lipinski definition) is 2. The first kappa shape index (κ1) is 16.0. The van der Waals surface area contributed by atoms with Crippen LogP contribution in [0.2, 0.25) is 0 Å². The highest BCUT2D eigenvalue weighted by molar-refractivity contribution is 5.94. The molecule has 20 heavy (non-hydrogen) atoms. The molecule has 0 fully saturated rings. The molecule has 110 valence electrons. The zero-order chi connectivity index (χ0) is 13.8. The van der Waals surface area contributed by atoms with Crippen LogP contribution in [0.15, 0.2) is 18.3 Å². The van der Waals surface area contributed by atoms with Crippen LogP contribution in [0.1, 0.15) is 30.5 Å².